The zero-order valence-corrected chi connectivity index (χ0v) is 20.8. The second-order valence-electron chi connectivity index (χ2n) is 9.64. The highest BCUT2D eigenvalue weighted by Gasteiger charge is 2.26. The minimum Gasteiger partial charge on any atom is -0.493 e. The van der Waals surface area contributed by atoms with E-state index in [1.807, 2.05) is 36.4 Å². The molecule has 0 atom stereocenters. The molecule has 2 aliphatic rings. The van der Waals surface area contributed by atoms with Crippen LogP contribution in [0.5, 0.6) is 11.6 Å². The second kappa shape index (κ2) is 11.0. The number of ether oxygens (including phenoxy) is 2. The molecule has 0 unspecified atom stereocenters. The van der Waals surface area contributed by atoms with E-state index in [9.17, 15) is 14.0 Å². The van der Waals surface area contributed by atoms with Gasteiger partial charge in [-0.05, 0) is 85.5 Å². The predicted octanol–water partition coefficient (Wildman–Crippen LogP) is 5.29. The van der Waals surface area contributed by atoms with Gasteiger partial charge in [0.1, 0.15) is 5.75 Å². The number of likely N-dealkylation sites (tertiary alicyclic amines) is 1. The van der Waals surface area contributed by atoms with Crippen LogP contribution in [0.25, 0.3) is 0 Å². The number of nitrogens with zero attached hydrogens (tertiary/aromatic N) is 2. The van der Waals surface area contributed by atoms with Crippen molar-refractivity contribution in [2.24, 2.45) is 5.92 Å². The third-order valence-electron chi connectivity index (χ3n) is 6.97. The van der Waals surface area contributed by atoms with E-state index >= 15 is 0 Å². The number of nitrogens with one attached hydrogen (secondary N) is 1. The summed E-state index contributed by atoms with van der Waals surface area (Å²) in [4.78, 5) is 31.0. The number of piperidine rings is 1. The lowest BCUT2D eigenvalue weighted by Gasteiger charge is -2.32. The van der Waals surface area contributed by atoms with Crippen molar-refractivity contribution in [1.82, 2.24) is 9.88 Å². The molecule has 1 saturated heterocycles. The van der Waals surface area contributed by atoms with E-state index in [1.54, 1.807) is 17.0 Å². The van der Waals surface area contributed by atoms with Gasteiger partial charge in [0.05, 0.1) is 19.3 Å². The molecule has 2 heterocycles. The number of halogens is 1. The van der Waals surface area contributed by atoms with Crippen LogP contribution < -0.4 is 14.8 Å². The molecule has 1 aliphatic heterocycles. The molecule has 1 aromatic heterocycles. The molecule has 0 radical (unpaired) electrons. The summed E-state index contributed by atoms with van der Waals surface area (Å²) >= 11 is 0. The molecule has 5 rings (SSSR count). The fraction of sp³-hybridized carbons (Fsp3) is 0.345. The molecule has 2 aromatic carbocycles. The van der Waals surface area contributed by atoms with Crippen LogP contribution in [0.1, 0.15) is 57.9 Å². The number of pyridine rings is 1. The van der Waals surface area contributed by atoms with Crippen LogP contribution in [0.3, 0.4) is 0 Å². The zero-order valence-electron chi connectivity index (χ0n) is 20.8. The number of carbonyl (C=O) groups excluding carboxylic acids is 2. The van der Waals surface area contributed by atoms with Crippen molar-refractivity contribution >= 4 is 17.5 Å². The maximum atomic E-state index is 14.0. The van der Waals surface area contributed by atoms with E-state index in [0.29, 0.717) is 30.5 Å². The fourth-order valence-electron chi connectivity index (χ4n) is 4.53. The molecule has 7 nitrogen and oxygen atoms in total. The summed E-state index contributed by atoms with van der Waals surface area (Å²) in [7, 11) is 1.34. The van der Waals surface area contributed by atoms with Crippen molar-refractivity contribution in [3.05, 3.63) is 83.3 Å². The first kappa shape index (κ1) is 24.7. The molecule has 1 saturated carbocycles. The molecule has 1 N–H and O–H groups in total. The summed E-state index contributed by atoms with van der Waals surface area (Å²) in [5.41, 5.74) is 2.69. The summed E-state index contributed by atoms with van der Waals surface area (Å²) < 4.78 is 24.5. The summed E-state index contributed by atoms with van der Waals surface area (Å²) in [6.45, 7) is 1.90. The van der Waals surface area contributed by atoms with Gasteiger partial charge in [-0.2, -0.15) is 0 Å². The van der Waals surface area contributed by atoms with E-state index in [1.165, 1.54) is 37.8 Å². The lowest BCUT2D eigenvalue weighted by Crippen LogP contribution is -2.38. The van der Waals surface area contributed by atoms with Crippen LogP contribution >= 0.6 is 0 Å². The molecular weight excluding hydrogens is 473 g/mol. The summed E-state index contributed by atoms with van der Waals surface area (Å²) in [6.07, 6.45) is 5.43. The largest absolute Gasteiger partial charge is 0.493 e. The molecule has 1 aliphatic carbocycles. The van der Waals surface area contributed by atoms with Gasteiger partial charge >= 0.3 is 0 Å². The molecule has 0 bridgehead atoms. The molecule has 0 spiro atoms. The van der Waals surface area contributed by atoms with Crippen molar-refractivity contribution in [3.8, 4) is 11.6 Å². The Kier molecular flexibility index (Phi) is 7.35. The van der Waals surface area contributed by atoms with Crippen LogP contribution in [-0.2, 0) is 0 Å². The third-order valence-corrected chi connectivity index (χ3v) is 6.97. The van der Waals surface area contributed by atoms with E-state index in [4.69, 9.17) is 9.47 Å². The number of benzene rings is 2. The number of carbonyl (C=O) groups is 2. The lowest BCUT2D eigenvalue weighted by atomic mass is 9.89. The highest BCUT2D eigenvalue weighted by molar-refractivity contribution is 6.04. The summed E-state index contributed by atoms with van der Waals surface area (Å²) in [5.74, 6) is 0.609. The van der Waals surface area contributed by atoms with E-state index in [-0.39, 0.29) is 23.3 Å². The highest BCUT2D eigenvalue weighted by atomic mass is 19.1. The number of methoxy groups -OCH3 is 1. The van der Waals surface area contributed by atoms with Gasteiger partial charge in [-0.25, -0.2) is 9.37 Å². The molecule has 3 aromatic rings. The van der Waals surface area contributed by atoms with E-state index in [0.717, 1.165) is 30.9 Å². The standard InChI is InChI=1S/C29H30FN3O4/c1-36-28-26(30)16-23(17-31-28)29(35)33-14-12-21(13-15-33)20-4-8-24(9-5-20)32-27(34)22-6-10-25(11-7-22)37-18-19-2-3-19/h4-11,16-17,19,21H,2-3,12-15,18H2,1H3,(H,32,34). The van der Waals surface area contributed by atoms with Gasteiger partial charge in [0.15, 0.2) is 5.82 Å². The van der Waals surface area contributed by atoms with Gasteiger partial charge in [0.2, 0.25) is 5.88 Å². The maximum absolute atomic E-state index is 14.0. The monoisotopic (exact) mass is 503 g/mol. The highest BCUT2D eigenvalue weighted by Crippen LogP contribution is 2.31. The van der Waals surface area contributed by atoms with Crippen molar-refractivity contribution < 1.29 is 23.5 Å². The number of anilines is 1. The second-order valence-corrected chi connectivity index (χ2v) is 9.64. The van der Waals surface area contributed by atoms with Gasteiger partial charge in [0, 0.05) is 30.5 Å². The first-order chi connectivity index (χ1) is 18.0. The third kappa shape index (κ3) is 6.07. The van der Waals surface area contributed by atoms with Crippen LogP contribution in [-0.4, -0.2) is 48.5 Å². The number of aromatic nitrogens is 1. The van der Waals surface area contributed by atoms with Crippen LogP contribution in [0.2, 0.25) is 0 Å². The zero-order chi connectivity index (χ0) is 25.8. The minimum absolute atomic E-state index is 0.124. The Morgan fingerprint density at radius 3 is 2.32 bits per heavy atom. The Labute approximate surface area is 215 Å². The van der Waals surface area contributed by atoms with Crippen molar-refractivity contribution in [1.29, 1.82) is 0 Å². The van der Waals surface area contributed by atoms with Crippen molar-refractivity contribution in [2.75, 3.05) is 32.1 Å². The number of rotatable bonds is 8. The molecule has 37 heavy (non-hydrogen) atoms. The quantitative estimate of drug-likeness (QED) is 0.452. The van der Waals surface area contributed by atoms with Gasteiger partial charge in [-0.1, -0.05) is 12.1 Å². The Morgan fingerprint density at radius 2 is 1.70 bits per heavy atom. The van der Waals surface area contributed by atoms with Crippen LogP contribution in [0.4, 0.5) is 10.1 Å². The number of hydrogen-bond acceptors (Lipinski definition) is 5. The Morgan fingerprint density at radius 1 is 1.00 bits per heavy atom. The Hall–Kier alpha value is -3.94. The molecule has 8 heteroatoms. The maximum Gasteiger partial charge on any atom is 0.255 e. The predicted molar refractivity (Wildman–Crippen MR) is 138 cm³/mol. The van der Waals surface area contributed by atoms with Gasteiger partial charge in [0.25, 0.3) is 11.8 Å². The molecule has 2 fully saturated rings. The first-order valence-corrected chi connectivity index (χ1v) is 12.6. The van der Waals surface area contributed by atoms with Gasteiger partial charge in [-0.3, -0.25) is 9.59 Å². The summed E-state index contributed by atoms with van der Waals surface area (Å²) in [6, 6.07) is 16.2. The van der Waals surface area contributed by atoms with E-state index < -0.39 is 5.82 Å². The average Bonchev–Trinajstić information content (AvgIpc) is 3.77. The first-order valence-electron chi connectivity index (χ1n) is 12.6. The lowest BCUT2D eigenvalue weighted by molar-refractivity contribution is 0.0711. The fourth-order valence-corrected chi connectivity index (χ4v) is 4.53. The van der Waals surface area contributed by atoms with Crippen LogP contribution in [0.15, 0.2) is 60.8 Å². The smallest absolute Gasteiger partial charge is 0.255 e. The van der Waals surface area contributed by atoms with Crippen LogP contribution in [0, 0.1) is 11.7 Å². The average molecular weight is 504 g/mol. The van der Waals surface area contributed by atoms with Gasteiger partial charge in [-0.15, -0.1) is 0 Å². The number of amides is 2. The molecule has 192 valence electrons. The van der Waals surface area contributed by atoms with Gasteiger partial charge < -0.3 is 19.7 Å². The molecule has 2 amide bonds. The van der Waals surface area contributed by atoms with Crippen molar-refractivity contribution in [2.45, 2.75) is 31.6 Å². The Balaban J connectivity index is 1.12. The minimum atomic E-state index is -0.648. The SMILES string of the molecule is COc1ncc(C(=O)N2CCC(c3ccc(NC(=O)c4ccc(OCC5CC5)cc4)cc3)CC2)cc1F. The normalized spacial score (nSPS) is 15.8. The van der Waals surface area contributed by atoms with Crippen molar-refractivity contribution in [3.63, 3.8) is 0 Å². The number of hydrogen-bond donors (Lipinski definition) is 1. The Bertz CT molecular complexity index is 1250. The molecular formula is C29H30FN3O4. The topological polar surface area (TPSA) is 80.8 Å². The van der Waals surface area contributed by atoms with E-state index in [2.05, 4.69) is 10.3 Å². The summed E-state index contributed by atoms with van der Waals surface area (Å²) in [5, 5.41) is 2.94.